The smallest absolute Gasteiger partial charge is 0.335 e. The Morgan fingerprint density at radius 2 is 1.92 bits per heavy atom. The Bertz CT molecular complexity index is 829. The molecule has 2 aromatic rings. The van der Waals surface area contributed by atoms with Crippen LogP contribution in [0.25, 0.3) is 0 Å². The first kappa shape index (κ1) is 17.8. The molecule has 6 heteroatoms. The van der Waals surface area contributed by atoms with Crippen molar-refractivity contribution in [1.29, 1.82) is 0 Å². The quantitative estimate of drug-likeness (QED) is 0.890. The Morgan fingerprint density at radius 3 is 2.50 bits per heavy atom. The van der Waals surface area contributed by atoms with Crippen LogP contribution in [0.2, 0.25) is 0 Å². The van der Waals surface area contributed by atoms with Crippen LogP contribution in [0, 0.1) is 5.92 Å². The molecule has 0 saturated carbocycles. The van der Waals surface area contributed by atoms with Crippen LogP contribution in [-0.2, 0) is 11.3 Å². The van der Waals surface area contributed by atoms with Gasteiger partial charge in [-0.2, -0.15) is 0 Å². The number of hydrogen-bond donors (Lipinski definition) is 1. The number of methoxy groups -OCH3 is 1. The number of nitrogens with zero attached hydrogens (tertiary/aromatic N) is 1. The third-order valence-corrected chi connectivity index (χ3v) is 4.37. The lowest BCUT2D eigenvalue weighted by Gasteiger charge is -2.36. The number of carboxylic acid groups (broad SMARTS) is 1. The van der Waals surface area contributed by atoms with Crippen LogP contribution >= 0.6 is 0 Å². The number of benzene rings is 2. The molecule has 0 radical (unpaired) electrons. The SMILES string of the molecule is COc1ccc(CN2C(=O)C(C(C)C)Oc3ccc(C(=O)O)cc32)cc1. The molecule has 1 atom stereocenters. The second kappa shape index (κ2) is 7.07. The highest BCUT2D eigenvalue weighted by molar-refractivity contribution is 6.01. The number of aromatic carboxylic acids is 1. The van der Waals surface area contributed by atoms with Gasteiger partial charge in [-0.25, -0.2) is 4.79 Å². The van der Waals surface area contributed by atoms with E-state index in [1.54, 1.807) is 18.1 Å². The number of carbonyl (C=O) groups is 2. The van der Waals surface area contributed by atoms with Crippen molar-refractivity contribution < 1.29 is 24.2 Å². The van der Waals surface area contributed by atoms with E-state index in [0.29, 0.717) is 18.0 Å². The van der Waals surface area contributed by atoms with E-state index in [-0.39, 0.29) is 17.4 Å². The monoisotopic (exact) mass is 355 g/mol. The molecule has 3 rings (SSSR count). The molecule has 0 aliphatic carbocycles. The summed E-state index contributed by atoms with van der Waals surface area (Å²) in [6.45, 7) is 4.17. The van der Waals surface area contributed by atoms with Crippen LogP contribution in [0.5, 0.6) is 11.5 Å². The molecule has 2 aromatic carbocycles. The van der Waals surface area contributed by atoms with Crippen molar-refractivity contribution in [3.05, 3.63) is 53.6 Å². The van der Waals surface area contributed by atoms with Crippen LogP contribution in [0.4, 0.5) is 5.69 Å². The molecular formula is C20H21NO5. The fourth-order valence-corrected chi connectivity index (χ4v) is 2.92. The van der Waals surface area contributed by atoms with E-state index in [2.05, 4.69) is 0 Å². The first-order chi connectivity index (χ1) is 12.4. The van der Waals surface area contributed by atoms with Crippen LogP contribution in [0.15, 0.2) is 42.5 Å². The van der Waals surface area contributed by atoms with Crippen molar-refractivity contribution in [1.82, 2.24) is 0 Å². The average molecular weight is 355 g/mol. The first-order valence-corrected chi connectivity index (χ1v) is 8.39. The minimum atomic E-state index is -1.05. The number of anilines is 1. The van der Waals surface area contributed by atoms with Gasteiger partial charge in [0.1, 0.15) is 11.5 Å². The highest BCUT2D eigenvalue weighted by atomic mass is 16.5. The van der Waals surface area contributed by atoms with Crippen molar-refractivity contribution in [2.75, 3.05) is 12.0 Å². The summed E-state index contributed by atoms with van der Waals surface area (Å²) in [7, 11) is 1.59. The van der Waals surface area contributed by atoms with Gasteiger partial charge >= 0.3 is 5.97 Å². The lowest BCUT2D eigenvalue weighted by molar-refractivity contribution is -0.128. The largest absolute Gasteiger partial charge is 0.497 e. The minimum Gasteiger partial charge on any atom is -0.497 e. The van der Waals surface area contributed by atoms with E-state index in [1.807, 2.05) is 38.1 Å². The molecule has 0 spiro atoms. The highest BCUT2D eigenvalue weighted by Crippen LogP contribution is 2.37. The summed E-state index contributed by atoms with van der Waals surface area (Å²) in [5.74, 6) is 0.0205. The Balaban J connectivity index is 2.01. The van der Waals surface area contributed by atoms with Gasteiger partial charge in [-0.15, -0.1) is 0 Å². The lowest BCUT2D eigenvalue weighted by Crippen LogP contribution is -2.48. The van der Waals surface area contributed by atoms with E-state index < -0.39 is 12.1 Å². The van der Waals surface area contributed by atoms with Gasteiger partial charge in [-0.05, 0) is 41.8 Å². The van der Waals surface area contributed by atoms with Crippen molar-refractivity contribution in [2.45, 2.75) is 26.5 Å². The second-order valence-electron chi connectivity index (χ2n) is 6.54. The zero-order valence-electron chi connectivity index (χ0n) is 14.9. The molecule has 0 aromatic heterocycles. The highest BCUT2D eigenvalue weighted by Gasteiger charge is 2.36. The molecule has 0 saturated heterocycles. The predicted molar refractivity (Wildman–Crippen MR) is 96.8 cm³/mol. The summed E-state index contributed by atoms with van der Waals surface area (Å²) in [4.78, 5) is 25.9. The van der Waals surface area contributed by atoms with Crippen LogP contribution in [-0.4, -0.2) is 30.2 Å². The van der Waals surface area contributed by atoms with Crippen LogP contribution in [0.3, 0.4) is 0 Å². The Labute approximate surface area is 152 Å². The van der Waals surface area contributed by atoms with Gasteiger partial charge in [-0.3, -0.25) is 4.79 Å². The number of hydrogen-bond acceptors (Lipinski definition) is 4. The third kappa shape index (κ3) is 3.35. The normalized spacial score (nSPS) is 16.2. The molecule has 1 aliphatic rings. The number of carboxylic acids is 1. The maximum Gasteiger partial charge on any atom is 0.335 e. The van der Waals surface area contributed by atoms with Gasteiger partial charge < -0.3 is 19.5 Å². The fourth-order valence-electron chi connectivity index (χ4n) is 2.92. The Hall–Kier alpha value is -3.02. The maximum absolute atomic E-state index is 13.0. The first-order valence-electron chi connectivity index (χ1n) is 8.39. The Kier molecular flexibility index (Phi) is 4.84. The molecule has 136 valence electrons. The molecule has 0 bridgehead atoms. The third-order valence-electron chi connectivity index (χ3n) is 4.37. The lowest BCUT2D eigenvalue weighted by atomic mass is 10.0. The van der Waals surface area contributed by atoms with E-state index in [4.69, 9.17) is 9.47 Å². The fraction of sp³-hybridized carbons (Fsp3) is 0.300. The molecule has 0 fully saturated rings. The molecule has 1 heterocycles. The zero-order valence-corrected chi connectivity index (χ0v) is 14.9. The summed E-state index contributed by atoms with van der Waals surface area (Å²) in [6.07, 6.45) is -0.601. The van der Waals surface area contributed by atoms with E-state index in [0.717, 1.165) is 11.3 Å². The second-order valence-corrected chi connectivity index (χ2v) is 6.54. The number of rotatable bonds is 5. The van der Waals surface area contributed by atoms with E-state index in [9.17, 15) is 14.7 Å². The summed E-state index contributed by atoms with van der Waals surface area (Å²) >= 11 is 0. The van der Waals surface area contributed by atoms with Crippen LogP contribution < -0.4 is 14.4 Å². The summed E-state index contributed by atoms with van der Waals surface area (Å²) < 4.78 is 11.0. The van der Waals surface area contributed by atoms with Crippen molar-refractivity contribution in [3.63, 3.8) is 0 Å². The molecule has 1 N–H and O–H groups in total. The van der Waals surface area contributed by atoms with Crippen molar-refractivity contribution in [3.8, 4) is 11.5 Å². The molecule has 26 heavy (non-hydrogen) atoms. The molecule has 1 unspecified atom stereocenters. The van der Waals surface area contributed by atoms with E-state index >= 15 is 0 Å². The van der Waals surface area contributed by atoms with Crippen molar-refractivity contribution >= 4 is 17.6 Å². The maximum atomic E-state index is 13.0. The number of fused-ring (bicyclic) bond motifs is 1. The minimum absolute atomic E-state index is 0.00633. The molecule has 1 aliphatic heterocycles. The molecule has 6 nitrogen and oxygen atoms in total. The van der Waals surface area contributed by atoms with Gasteiger partial charge in [0.25, 0.3) is 5.91 Å². The number of amides is 1. The van der Waals surface area contributed by atoms with Gasteiger partial charge in [0.05, 0.1) is 24.9 Å². The van der Waals surface area contributed by atoms with Crippen LogP contribution in [0.1, 0.15) is 29.8 Å². The van der Waals surface area contributed by atoms with Crippen molar-refractivity contribution in [2.24, 2.45) is 5.92 Å². The average Bonchev–Trinajstić information content (AvgIpc) is 2.63. The standard InChI is InChI=1S/C20H21NO5/c1-12(2)18-19(22)21(11-13-4-7-15(25-3)8-5-13)16-10-14(20(23)24)6-9-17(16)26-18/h4-10,12,18H,11H2,1-3H3,(H,23,24). The summed E-state index contributed by atoms with van der Waals surface area (Å²) in [6, 6.07) is 12.0. The summed E-state index contributed by atoms with van der Waals surface area (Å²) in [5, 5.41) is 9.27. The molecule has 1 amide bonds. The number of carbonyl (C=O) groups excluding carboxylic acids is 1. The molecular weight excluding hydrogens is 334 g/mol. The van der Waals surface area contributed by atoms with Gasteiger partial charge in [0.15, 0.2) is 6.10 Å². The summed E-state index contributed by atoms with van der Waals surface area (Å²) in [5.41, 5.74) is 1.50. The number of ether oxygens (including phenoxy) is 2. The van der Waals surface area contributed by atoms with Gasteiger partial charge in [0.2, 0.25) is 0 Å². The Morgan fingerprint density at radius 1 is 1.23 bits per heavy atom. The predicted octanol–water partition coefficient (Wildman–Crippen LogP) is 3.34. The van der Waals surface area contributed by atoms with E-state index in [1.165, 1.54) is 12.1 Å². The van der Waals surface area contributed by atoms with Gasteiger partial charge in [-0.1, -0.05) is 26.0 Å². The topological polar surface area (TPSA) is 76.1 Å². The van der Waals surface area contributed by atoms with Gasteiger partial charge in [0, 0.05) is 0 Å². The zero-order chi connectivity index (χ0) is 18.8.